The molecule has 3 fully saturated rings. The molecule has 1 aromatic heterocycles. The Bertz CT molecular complexity index is 1100. The van der Waals surface area contributed by atoms with Gasteiger partial charge < -0.3 is 25.0 Å². The highest BCUT2D eigenvalue weighted by Crippen LogP contribution is 2.47. The van der Waals surface area contributed by atoms with Gasteiger partial charge in [-0.05, 0) is 44.2 Å². The van der Waals surface area contributed by atoms with E-state index in [1.54, 1.807) is 12.1 Å². The van der Waals surface area contributed by atoms with Crippen LogP contribution in [0.15, 0.2) is 28.8 Å². The molecular formula is C21H20Cl2F3N3O5. The summed E-state index contributed by atoms with van der Waals surface area (Å²) in [5.41, 5.74) is -3.02. The van der Waals surface area contributed by atoms with Gasteiger partial charge in [-0.15, -0.1) is 0 Å². The average molecular weight is 522 g/mol. The molecule has 0 spiro atoms. The maximum absolute atomic E-state index is 12.7. The minimum Gasteiger partial charge on any atom is -0.484 e. The first-order chi connectivity index (χ1) is 15.9. The summed E-state index contributed by atoms with van der Waals surface area (Å²) in [6, 6.07) is 5.12. The SMILES string of the molecule is O=C(COc1ccc(Cl)c(Cl)c1)NC12CCC(NC(=O)c3cc(C(F)(F)F)no3)(CC1)C[C@@H]2O. The fourth-order valence-corrected chi connectivity index (χ4v) is 4.80. The van der Waals surface area contributed by atoms with Gasteiger partial charge in [0, 0.05) is 17.7 Å². The van der Waals surface area contributed by atoms with Crippen LogP contribution < -0.4 is 15.4 Å². The van der Waals surface area contributed by atoms with Crippen molar-refractivity contribution in [3.8, 4) is 5.75 Å². The number of fused-ring (bicyclic) bond motifs is 3. The summed E-state index contributed by atoms with van der Waals surface area (Å²) in [6.07, 6.45) is -4.06. The number of hydrogen-bond acceptors (Lipinski definition) is 6. The highest BCUT2D eigenvalue weighted by Gasteiger charge is 2.55. The van der Waals surface area contributed by atoms with Gasteiger partial charge in [-0.25, -0.2) is 0 Å². The van der Waals surface area contributed by atoms with Crippen molar-refractivity contribution in [3.05, 3.63) is 45.8 Å². The third kappa shape index (κ3) is 4.96. The predicted octanol–water partition coefficient (Wildman–Crippen LogP) is 3.74. The van der Waals surface area contributed by atoms with Crippen molar-refractivity contribution >= 4 is 35.0 Å². The van der Waals surface area contributed by atoms with Crippen LogP contribution >= 0.6 is 23.2 Å². The molecule has 1 atom stereocenters. The lowest BCUT2D eigenvalue weighted by molar-refractivity contribution is -0.142. The van der Waals surface area contributed by atoms with Crippen LogP contribution in [0, 0.1) is 0 Å². The van der Waals surface area contributed by atoms with Crippen LogP contribution in [0.3, 0.4) is 0 Å². The molecule has 0 radical (unpaired) electrons. The molecule has 184 valence electrons. The third-order valence-corrected chi connectivity index (χ3v) is 7.11. The summed E-state index contributed by atoms with van der Waals surface area (Å²) < 4.78 is 48.1. The second-order valence-electron chi connectivity index (χ2n) is 8.60. The molecular weight excluding hydrogens is 502 g/mol. The normalized spacial score (nSPS) is 26.2. The minimum atomic E-state index is -4.73. The number of nitrogens with zero attached hydrogens (tertiary/aromatic N) is 1. The zero-order valence-electron chi connectivity index (χ0n) is 17.5. The summed E-state index contributed by atoms with van der Waals surface area (Å²) in [5.74, 6) is -1.49. The first-order valence-electron chi connectivity index (χ1n) is 10.3. The number of halogens is 5. The zero-order chi connectivity index (χ0) is 24.7. The fourth-order valence-electron chi connectivity index (χ4n) is 4.51. The number of amides is 2. The predicted molar refractivity (Wildman–Crippen MR) is 114 cm³/mol. The molecule has 2 bridgehead atoms. The van der Waals surface area contributed by atoms with Crippen molar-refractivity contribution in [2.45, 2.75) is 55.5 Å². The molecule has 8 nitrogen and oxygen atoms in total. The minimum absolute atomic E-state index is 0.118. The van der Waals surface area contributed by atoms with E-state index in [0.717, 1.165) is 0 Å². The van der Waals surface area contributed by atoms with Crippen LogP contribution in [-0.4, -0.2) is 45.9 Å². The number of aliphatic hydroxyl groups excluding tert-OH is 1. The largest absolute Gasteiger partial charge is 0.484 e. The Kier molecular flexibility index (Phi) is 6.47. The third-order valence-electron chi connectivity index (χ3n) is 6.37. The zero-order valence-corrected chi connectivity index (χ0v) is 19.1. The highest BCUT2D eigenvalue weighted by atomic mass is 35.5. The lowest BCUT2D eigenvalue weighted by atomic mass is 9.60. The number of ether oxygens (including phenoxy) is 1. The topological polar surface area (TPSA) is 114 Å². The summed E-state index contributed by atoms with van der Waals surface area (Å²) in [6.45, 7) is -0.304. The standard InChI is InChI=1S/C21H20Cl2F3N3O5/c22-12-2-1-11(7-13(12)23)33-10-17(31)27-20-5-3-19(4-6-20,9-16(20)30)28-18(32)14-8-15(29-34-14)21(24,25)26/h1-2,7-8,16,30H,3-6,9-10H2,(H,27,31)(H,28,32)/t16-,19?,20?/m0/s1. The molecule has 5 rings (SSSR count). The molecule has 2 amide bonds. The van der Waals surface area contributed by atoms with Gasteiger partial charge in [-0.3, -0.25) is 9.59 Å². The van der Waals surface area contributed by atoms with Crippen LogP contribution in [0.4, 0.5) is 13.2 Å². The summed E-state index contributed by atoms with van der Waals surface area (Å²) in [5, 5.41) is 19.9. The summed E-state index contributed by atoms with van der Waals surface area (Å²) in [4.78, 5) is 25.0. The van der Waals surface area contributed by atoms with Crippen molar-refractivity contribution in [2.75, 3.05) is 6.61 Å². The Labute approximate surface area is 201 Å². The molecule has 3 N–H and O–H groups in total. The lowest BCUT2D eigenvalue weighted by Crippen LogP contribution is -2.70. The molecule has 1 heterocycles. The van der Waals surface area contributed by atoms with Gasteiger partial charge in [0.1, 0.15) is 5.75 Å². The van der Waals surface area contributed by atoms with Gasteiger partial charge in [0.25, 0.3) is 11.8 Å². The van der Waals surface area contributed by atoms with Crippen molar-refractivity contribution in [1.29, 1.82) is 0 Å². The highest BCUT2D eigenvalue weighted by molar-refractivity contribution is 6.42. The number of rotatable bonds is 6. The van der Waals surface area contributed by atoms with E-state index in [1.807, 2.05) is 0 Å². The molecule has 13 heteroatoms. The summed E-state index contributed by atoms with van der Waals surface area (Å²) >= 11 is 11.8. The van der Waals surface area contributed by atoms with Crippen molar-refractivity contribution < 1.29 is 37.1 Å². The molecule has 0 aliphatic heterocycles. The van der Waals surface area contributed by atoms with Crippen molar-refractivity contribution in [3.63, 3.8) is 0 Å². The number of carbonyl (C=O) groups is 2. The second-order valence-corrected chi connectivity index (χ2v) is 9.41. The van der Waals surface area contributed by atoms with Gasteiger partial charge in [0.05, 0.1) is 21.7 Å². The Morgan fingerprint density at radius 2 is 1.85 bits per heavy atom. The van der Waals surface area contributed by atoms with Crippen LogP contribution in [0.2, 0.25) is 10.0 Å². The van der Waals surface area contributed by atoms with E-state index in [0.29, 0.717) is 42.5 Å². The molecule has 3 aliphatic rings. The van der Waals surface area contributed by atoms with Crippen LogP contribution in [0.5, 0.6) is 5.75 Å². The van der Waals surface area contributed by atoms with E-state index in [-0.39, 0.29) is 18.1 Å². The Morgan fingerprint density at radius 3 is 2.44 bits per heavy atom. The molecule has 34 heavy (non-hydrogen) atoms. The van der Waals surface area contributed by atoms with E-state index in [4.69, 9.17) is 27.9 Å². The number of benzene rings is 1. The molecule has 0 unspecified atom stereocenters. The van der Waals surface area contributed by atoms with E-state index in [9.17, 15) is 27.9 Å². The first kappa shape index (κ1) is 24.6. The Hall–Kier alpha value is -2.50. The maximum atomic E-state index is 12.7. The molecule has 3 saturated carbocycles. The van der Waals surface area contributed by atoms with E-state index in [1.165, 1.54) is 6.07 Å². The Morgan fingerprint density at radius 1 is 1.15 bits per heavy atom. The quantitative estimate of drug-likeness (QED) is 0.533. The number of hydrogen-bond donors (Lipinski definition) is 3. The number of aromatic nitrogens is 1. The van der Waals surface area contributed by atoms with Gasteiger partial charge in [-0.1, -0.05) is 28.4 Å². The molecule has 1 aromatic carbocycles. The van der Waals surface area contributed by atoms with Gasteiger partial charge in [0.2, 0.25) is 5.76 Å². The van der Waals surface area contributed by atoms with Crippen molar-refractivity contribution in [1.82, 2.24) is 15.8 Å². The number of alkyl halides is 3. The fraction of sp³-hybridized carbons (Fsp3) is 0.476. The Balaban J connectivity index is 1.34. The van der Waals surface area contributed by atoms with Crippen LogP contribution in [-0.2, 0) is 11.0 Å². The number of nitrogens with one attached hydrogen (secondary N) is 2. The van der Waals surface area contributed by atoms with Gasteiger partial charge in [0.15, 0.2) is 12.3 Å². The number of aliphatic hydroxyl groups is 1. The monoisotopic (exact) mass is 521 g/mol. The average Bonchev–Trinajstić information content (AvgIpc) is 3.27. The molecule has 0 saturated heterocycles. The molecule has 3 aliphatic carbocycles. The van der Waals surface area contributed by atoms with E-state index in [2.05, 4.69) is 20.3 Å². The molecule has 2 aromatic rings. The van der Waals surface area contributed by atoms with Crippen LogP contribution in [0.1, 0.15) is 48.4 Å². The maximum Gasteiger partial charge on any atom is 0.436 e. The van der Waals surface area contributed by atoms with Gasteiger partial charge >= 0.3 is 6.18 Å². The first-order valence-corrected chi connectivity index (χ1v) is 11.1. The summed E-state index contributed by atoms with van der Waals surface area (Å²) in [7, 11) is 0. The van der Waals surface area contributed by atoms with E-state index < -0.39 is 46.6 Å². The van der Waals surface area contributed by atoms with E-state index >= 15 is 0 Å². The second kappa shape index (κ2) is 8.94. The van der Waals surface area contributed by atoms with Crippen molar-refractivity contribution in [2.24, 2.45) is 0 Å². The van der Waals surface area contributed by atoms with Gasteiger partial charge in [-0.2, -0.15) is 13.2 Å². The van der Waals surface area contributed by atoms with Crippen LogP contribution in [0.25, 0.3) is 0 Å². The lowest BCUT2D eigenvalue weighted by Gasteiger charge is -2.56. The smallest absolute Gasteiger partial charge is 0.436 e. The number of carbonyl (C=O) groups excluding carboxylic acids is 2.